The van der Waals surface area contributed by atoms with Gasteiger partial charge in [-0.3, -0.25) is 4.68 Å². The summed E-state index contributed by atoms with van der Waals surface area (Å²) in [5, 5.41) is 16.6. The molecule has 0 spiro atoms. The fourth-order valence-electron chi connectivity index (χ4n) is 2.39. The van der Waals surface area contributed by atoms with E-state index in [0.29, 0.717) is 6.04 Å². The molecule has 2 atom stereocenters. The van der Waals surface area contributed by atoms with Gasteiger partial charge in [-0.15, -0.1) is 0 Å². The van der Waals surface area contributed by atoms with Crippen LogP contribution in [0.5, 0.6) is 0 Å². The van der Waals surface area contributed by atoms with Crippen LogP contribution in [0.1, 0.15) is 25.0 Å². The molecule has 0 aromatic carbocycles. The molecule has 86 valence electrons. The Morgan fingerprint density at radius 3 is 3.19 bits per heavy atom. The lowest BCUT2D eigenvalue weighted by atomic mass is 10.1. The minimum Gasteiger partial charge on any atom is -0.312 e. The molecular formula is C12H18N4. The lowest BCUT2D eigenvalue weighted by Gasteiger charge is -2.15. The van der Waals surface area contributed by atoms with Crippen LogP contribution in [0.2, 0.25) is 0 Å². The molecule has 4 heteroatoms. The molecule has 1 N–H and O–H groups in total. The van der Waals surface area contributed by atoms with Gasteiger partial charge >= 0.3 is 0 Å². The van der Waals surface area contributed by atoms with Crippen LogP contribution in [0.25, 0.3) is 0 Å². The second kappa shape index (κ2) is 5.13. The Morgan fingerprint density at radius 1 is 1.62 bits per heavy atom. The van der Waals surface area contributed by atoms with Gasteiger partial charge in [0, 0.05) is 37.9 Å². The van der Waals surface area contributed by atoms with Crippen molar-refractivity contribution in [1.29, 1.82) is 5.26 Å². The van der Waals surface area contributed by atoms with E-state index in [2.05, 4.69) is 16.5 Å². The van der Waals surface area contributed by atoms with Crippen molar-refractivity contribution in [1.82, 2.24) is 15.1 Å². The van der Waals surface area contributed by atoms with Crippen molar-refractivity contribution >= 4 is 0 Å². The van der Waals surface area contributed by atoms with E-state index in [1.54, 1.807) is 0 Å². The molecule has 1 saturated carbocycles. The Hall–Kier alpha value is -1.34. The molecule has 2 unspecified atom stereocenters. The van der Waals surface area contributed by atoms with Crippen LogP contribution in [-0.2, 0) is 13.5 Å². The van der Waals surface area contributed by atoms with E-state index in [1.807, 2.05) is 24.0 Å². The van der Waals surface area contributed by atoms with Crippen LogP contribution in [0.4, 0.5) is 0 Å². The first-order valence-electron chi connectivity index (χ1n) is 5.91. The van der Waals surface area contributed by atoms with Crippen molar-refractivity contribution < 1.29 is 0 Å². The van der Waals surface area contributed by atoms with E-state index >= 15 is 0 Å². The topological polar surface area (TPSA) is 53.6 Å². The molecule has 2 rings (SSSR count). The van der Waals surface area contributed by atoms with Crippen molar-refractivity contribution in [3.63, 3.8) is 0 Å². The summed E-state index contributed by atoms with van der Waals surface area (Å²) in [5.41, 5.74) is 1.24. The Kier molecular flexibility index (Phi) is 3.58. The van der Waals surface area contributed by atoms with Crippen molar-refractivity contribution in [2.45, 2.75) is 31.7 Å². The van der Waals surface area contributed by atoms with Crippen molar-refractivity contribution in [2.24, 2.45) is 13.0 Å². The van der Waals surface area contributed by atoms with Gasteiger partial charge in [0.05, 0.1) is 12.0 Å². The first kappa shape index (κ1) is 11.2. The minimum absolute atomic E-state index is 0.214. The zero-order valence-electron chi connectivity index (χ0n) is 9.69. The SMILES string of the molecule is Cn1nccc1CCNC1CCCC1C#N. The standard InChI is InChI=1S/C12H18N4/c1-16-11(6-8-15-16)5-7-14-12-4-2-3-10(12)9-13/h6,8,10,12,14H,2-5,7H2,1H3. The number of nitrogens with one attached hydrogen (secondary N) is 1. The number of aromatic nitrogens is 2. The lowest BCUT2D eigenvalue weighted by Crippen LogP contribution is -2.33. The highest BCUT2D eigenvalue weighted by Crippen LogP contribution is 2.24. The Labute approximate surface area is 96.3 Å². The molecule has 0 saturated heterocycles. The Morgan fingerprint density at radius 2 is 2.50 bits per heavy atom. The number of rotatable bonds is 4. The highest BCUT2D eigenvalue weighted by atomic mass is 15.3. The van der Waals surface area contributed by atoms with Gasteiger partial charge < -0.3 is 5.32 Å². The van der Waals surface area contributed by atoms with Crippen LogP contribution in [0.3, 0.4) is 0 Å². The smallest absolute Gasteiger partial charge is 0.0672 e. The molecule has 0 aliphatic heterocycles. The summed E-state index contributed by atoms with van der Waals surface area (Å²) in [6.45, 7) is 0.933. The monoisotopic (exact) mass is 218 g/mol. The van der Waals surface area contributed by atoms with Gasteiger partial charge in [-0.25, -0.2) is 0 Å². The van der Waals surface area contributed by atoms with Crippen molar-refractivity contribution in [2.75, 3.05) is 6.54 Å². The second-order valence-electron chi connectivity index (χ2n) is 4.42. The minimum atomic E-state index is 0.214. The highest BCUT2D eigenvalue weighted by Gasteiger charge is 2.26. The fraction of sp³-hybridized carbons (Fsp3) is 0.667. The summed E-state index contributed by atoms with van der Waals surface area (Å²) in [7, 11) is 1.96. The van der Waals surface area contributed by atoms with Gasteiger partial charge in [-0.2, -0.15) is 10.4 Å². The van der Waals surface area contributed by atoms with Crippen LogP contribution >= 0.6 is 0 Å². The predicted octanol–water partition coefficient (Wildman–Crippen LogP) is 1.24. The number of aryl methyl sites for hydroxylation is 1. The maximum atomic E-state index is 8.96. The average Bonchev–Trinajstić information content (AvgIpc) is 2.88. The molecule has 1 heterocycles. The van der Waals surface area contributed by atoms with Crippen molar-refractivity contribution in [3.8, 4) is 6.07 Å². The summed E-state index contributed by atoms with van der Waals surface area (Å²) in [5.74, 6) is 0.214. The molecule has 1 aliphatic rings. The fourth-order valence-corrected chi connectivity index (χ4v) is 2.39. The second-order valence-corrected chi connectivity index (χ2v) is 4.42. The van der Waals surface area contributed by atoms with E-state index in [1.165, 1.54) is 12.1 Å². The number of hydrogen-bond acceptors (Lipinski definition) is 3. The molecule has 1 fully saturated rings. The molecule has 1 aromatic heterocycles. The molecule has 1 aliphatic carbocycles. The van der Waals surface area contributed by atoms with Crippen LogP contribution in [0.15, 0.2) is 12.3 Å². The van der Waals surface area contributed by atoms with E-state index < -0.39 is 0 Å². The van der Waals surface area contributed by atoms with Gasteiger partial charge in [-0.05, 0) is 18.9 Å². The summed E-state index contributed by atoms with van der Waals surface area (Å²) < 4.78 is 1.90. The van der Waals surface area contributed by atoms with Crippen LogP contribution in [0, 0.1) is 17.2 Å². The first-order chi connectivity index (χ1) is 7.81. The van der Waals surface area contributed by atoms with E-state index in [9.17, 15) is 0 Å². The number of nitriles is 1. The Bertz CT molecular complexity index is 377. The summed E-state index contributed by atoms with van der Waals surface area (Å²) in [6, 6.07) is 4.83. The van der Waals surface area contributed by atoms with Gasteiger partial charge in [0.1, 0.15) is 0 Å². The zero-order chi connectivity index (χ0) is 11.4. The van der Waals surface area contributed by atoms with Crippen molar-refractivity contribution in [3.05, 3.63) is 18.0 Å². The third kappa shape index (κ3) is 2.42. The first-order valence-corrected chi connectivity index (χ1v) is 5.91. The molecule has 4 nitrogen and oxygen atoms in total. The van der Waals surface area contributed by atoms with E-state index in [-0.39, 0.29) is 5.92 Å². The molecule has 0 bridgehead atoms. The lowest BCUT2D eigenvalue weighted by molar-refractivity contribution is 0.465. The number of hydrogen-bond donors (Lipinski definition) is 1. The molecule has 1 aromatic rings. The average molecular weight is 218 g/mol. The third-order valence-electron chi connectivity index (χ3n) is 3.39. The summed E-state index contributed by atoms with van der Waals surface area (Å²) in [4.78, 5) is 0. The summed E-state index contributed by atoms with van der Waals surface area (Å²) >= 11 is 0. The molecule has 16 heavy (non-hydrogen) atoms. The van der Waals surface area contributed by atoms with Crippen LogP contribution < -0.4 is 5.32 Å². The third-order valence-corrected chi connectivity index (χ3v) is 3.39. The largest absolute Gasteiger partial charge is 0.312 e. The maximum absolute atomic E-state index is 8.96. The quantitative estimate of drug-likeness (QED) is 0.827. The van der Waals surface area contributed by atoms with Gasteiger partial charge in [0.25, 0.3) is 0 Å². The van der Waals surface area contributed by atoms with Gasteiger partial charge in [-0.1, -0.05) is 6.42 Å². The maximum Gasteiger partial charge on any atom is 0.0672 e. The van der Waals surface area contributed by atoms with Crippen LogP contribution in [-0.4, -0.2) is 22.4 Å². The van der Waals surface area contributed by atoms with E-state index in [0.717, 1.165) is 25.8 Å². The molecular weight excluding hydrogens is 200 g/mol. The predicted molar refractivity (Wildman–Crippen MR) is 61.7 cm³/mol. The molecule has 0 amide bonds. The van der Waals surface area contributed by atoms with E-state index in [4.69, 9.17) is 5.26 Å². The zero-order valence-corrected chi connectivity index (χ0v) is 9.69. The molecule has 0 radical (unpaired) electrons. The highest BCUT2D eigenvalue weighted by molar-refractivity contribution is 5.01. The normalized spacial score (nSPS) is 24.5. The Balaban J connectivity index is 1.76. The number of nitrogens with zero attached hydrogens (tertiary/aromatic N) is 3. The summed E-state index contributed by atoms with van der Waals surface area (Å²) in [6.07, 6.45) is 6.18. The van der Waals surface area contributed by atoms with Gasteiger partial charge in [0.15, 0.2) is 0 Å². The van der Waals surface area contributed by atoms with Gasteiger partial charge in [0.2, 0.25) is 0 Å².